The van der Waals surface area contributed by atoms with Crippen molar-refractivity contribution in [3.8, 4) is 11.3 Å². The van der Waals surface area contributed by atoms with E-state index in [0.29, 0.717) is 11.1 Å². The number of nitrogens with two attached hydrogens (primary N) is 1. The summed E-state index contributed by atoms with van der Waals surface area (Å²) in [7, 11) is 0. The Hall–Kier alpha value is -2.72. The Morgan fingerprint density at radius 1 is 1.27 bits per heavy atom. The van der Waals surface area contributed by atoms with Crippen LogP contribution >= 0.6 is 12.4 Å². The van der Waals surface area contributed by atoms with Crippen LogP contribution in [0.2, 0.25) is 0 Å². The third kappa shape index (κ3) is 6.78. The van der Waals surface area contributed by atoms with Crippen molar-refractivity contribution in [3.63, 3.8) is 0 Å². The number of carbonyl (C=O) groups excluding carboxylic acids is 1. The summed E-state index contributed by atoms with van der Waals surface area (Å²) in [5.41, 5.74) is 7.68. The van der Waals surface area contributed by atoms with E-state index in [0.717, 1.165) is 12.0 Å². The second kappa shape index (κ2) is 12.7. The standard InChI is InChI=1S/C27H35N3O6.ClH/c1-4-5-6-7-17-8-10-18(11-9-17)21-12-19-14-30(27(33)29-25(19)36-21)23-13-20(31)22(35-23)15-34-26(32)24(28)16(2)3;/h8-12,14,16,20,22-24,31H,4-7,13,15,28H2,1-3H3;1H/t20-,22+,23+,24?;/m0./s1. The molecule has 2 aromatic heterocycles. The Morgan fingerprint density at radius 3 is 2.68 bits per heavy atom. The van der Waals surface area contributed by atoms with Crippen molar-refractivity contribution in [1.82, 2.24) is 9.55 Å². The zero-order chi connectivity index (χ0) is 25.8. The van der Waals surface area contributed by atoms with Gasteiger partial charge in [0.05, 0.1) is 11.5 Å². The normalized spacial score (nSPS) is 20.2. The molecule has 37 heavy (non-hydrogen) atoms. The van der Waals surface area contributed by atoms with Crippen molar-refractivity contribution in [3.05, 3.63) is 52.6 Å². The molecule has 0 saturated carbocycles. The molecule has 202 valence electrons. The lowest BCUT2D eigenvalue weighted by atomic mass is 10.0. The summed E-state index contributed by atoms with van der Waals surface area (Å²) in [6.07, 6.45) is 4.00. The van der Waals surface area contributed by atoms with E-state index in [1.165, 1.54) is 29.4 Å². The number of aromatic nitrogens is 2. The van der Waals surface area contributed by atoms with Gasteiger partial charge >= 0.3 is 11.7 Å². The number of rotatable bonds is 10. The Bertz CT molecular complexity index is 1240. The summed E-state index contributed by atoms with van der Waals surface area (Å²) >= 11 is 0. The monoisotopic (exact) mass is 533 g/mol. The number of fused-ring (bicyclic) bond motifs is 1. The smallest absolute Gasteiger partial charge is 0.353 e. The lowest BCUT2D eigenvalue weighted by Crippen LogP contribution is -2.39. The Balaban J connectivity index is 0.00000380. The van der Waals surface area contributed by atoms with E-state index in [4.69, 9.17) is 19.6 Å². The summed E-state index contributed by atoms with van der Waals surface area (Å²) in [5.74, 6) is -0.00235. The third-order valence-corrected chi connectivity index (χ3v) is 6.64. The maximum Gasteiger partial charge on any atom is 0.353 e. The summed E-state index contributed by atoms with van der Waals surface area (Å²) in [6, 6.07) is 9.31. The van der Waals surface area contributed by atoms with Crippen molar-refractivity contribution in [2.75, 3.05) is 6.61 Å². The van der Waals surface area contributed by atoms with Crippen LogP contribution in [0.5, 0.6) is 0 Å². The van der Waals surface area contributed by atoms with Gasteiger partial charge in [0, 0.05) is 18.2 Å². The predicted molar refractivity (Wildman–Crippen MR) is 142 cm³/mol. The van der Waals surface area contributed by atoms with E-state index in [-0.39, 0.29) is 37.1 Å². The first-order chi connectivity index (χ1) is 17.3. The molecule has 0 aliphatic carbocycles. The maximum absolute atomic E-state index is 12.7. The maximum atomic E-state index is 12.7. The fraction of sp³-hybridized carbons (Fsp3) is 0.519. The first-order valence-corrected chi connectivity index (χ1v) is 12.6. The second-order valence-electron chi connectivity index (χ2n) is 9.79. The topological polar surface area (TPSA) is 130 Å². The van der Waals surface area contributed by atoms with Crippen molar-refractivity contribution in [2.45, 2.75) is 77.4 Å². The molecule has 10 heteroatoms. The molecule has 3 N–H and O–H groups in total. The van der Waals surface area contributed by atoms with Crippen LogP contribution in [-0.2, 0) is 20.7 Å². The molecule has 1 aliphatic rings. The molecule has 3 aromatic rings. The van der Waals surface area contributed by atoms with E-state index in [1.54, 1.807) is 6.20 Å². The molecule has 0 spiro atoms. The Morgan fingerprint density at radius 2 is 2.00 bits per heavy atom. The van der Waals surface area contributed by atoms with Crippen LogP contribution in [-0.4, -0.2) is 45.5 Å². The van der Waals surface area contributed by atoms with Gasteiger partial charge in [0.2, 0.25) is 5.71 Å². The molecular formula is C27H36ClN3O6. The second-order valence-corrected chi connectivity index (χ2v) is 9.79. The van der Waals surface area contributed by atoms with E-state index in [1.807, 2.05) is 32.0 Å². The number of esters is 1. The van der Waals surface area contributed by atoms with Crippen LogP contribution in [0.4, 0.5) is 0 Å². The fourth-order valence-corrected chi connectivity index (χ4v) is 4.26. The van der Waals surface area contributed by atoms with Crippen molar-refractivity contribution in [1.29, 1.82) is 0 Å². The van der Waals surface area contributed by atoms with Gasteiger partial charge in [-0.3, -0.25) is 9.36 Å². The number of benzene rings is 1. The molecule has 1 aromatic carbocycles. The fourth-order valence-electron chi connectivity index (χ4n) is 4.26. The van der Waals surface area contributed by atoms with Crippen LogP contribution < -0.4 is 11.4 Å². The predicted octanol–water partition coefficient (Wildman–Crippen LogP) is 3.99. The van der Waals surface area contributed by atoms with Gasteiger partial charge in [-0.2, -0.15) is 4.98 Å². The first kappa shape index (κ1) is 28.8. The number of aliphatic hydroxyl groups excluding tert-OH is 1. The molecular weight excluding hydrogens is 498 g/mol. The van der Waals surface area contributed by atoms with Crippen molar-refractivity contribution >= 4 is 29.5 Å². The van der Waals surface area contributed by atoms with Gasteiger partial charge in [-0.25, -0.2) is 4.79 Å². The number of halogens is 1. The van der Waals surface area contributed by atoms with Crippen molar-refractivity contribution < 1.29 is 23.8 Å². The first-order valence-electron chi connectivity index (χ1n) is 12.6. The number of carbonyl (C=O) groups is 1. The van der Waals surface area contributed by atoms with E-state index < -0.39 is 36.1 Å². The van der Waals surface area contributed by atoms with E-state index >= 15 is 0 Å². The SMILES string of the molecule is CCCCCc1ccc(-c2cc3cn([C@H]4C[C@H](O)[C@@H](COC(=O)C(N)C(C)C)O4)c(=O)nc3o2)cc1.Cl. The Kier molecular flexibility index (Phi) is 9.89. The van der Waals surface area contributed by atoms with Gasteiger partial charge < -0.3 is 24.7 Å². The van der Waals surface area contributed by atoms with Gasteiger partial charge in [-0.15, -0.1) is 12.4 Å². The third-order valence-electron chi connectivity index (χ3n) is 6.64. The Labute approximate surface area is 222 Å². The molecule has 0 bridgehead atoms. The molecule has 4 rings (SSSR count). The minimum atomic E-state index is -0.906. The minimum Gasteiger partial charge on any atom is -0.462 e. The molecule has 1 saturated heterocycles. The van der Waals surface area contributed by atoms with Crippen LogP contribution in [0, 0.1) is 5.92 Å². The van der Waals surface area contributed by atoms with Gasteiger partial charge in [0.15, 0.2) is 0 Å². The molecule has 9 nitrogen and oxygen atoms in total. The summed E-state index contributed by atoms with van der Waals surface area (Å²) in [5, 5.41) is 11.1. The average Bonchev–Trinajstić information content (AvgIpc) is 3.44. The van der Waals surface area contributed by atoms with Gasteiger partial charge in [0.25, 0.3) is 0 Å². The average molecular weight is 534 g/mol. The molecule has 4 atom stereocenters. The lowest BCUT2D eigenvalue weighted by molar-refractivity contribution is -0.152. The zero-order valence-corrected chi connectivity index (χ0v) is 22.3. The zero-order valence-electron chi connectivity index (χ0n) is 21.5. The van der Waals surface area contributed by atoms with E-state index in [9.17, 15) is 14.7 Å². The number of aliphatic hydroxyl groups is 1. The molecule has 3 heterocycles. The summed E-state index contributed by atoms with van der Waals surface area (Å²) in [4.78, 5) is 28.8. The molecule has 1 aliphatic heterocycles. The van der Waals surface area contributed by atoms with Crippen molar-refractivity contribution in [2.24, 2.45) is 11.7 Å². The van der Waals surface area contributed by atoms with Crippen LogP contribution in [0.1, 0.15) is 58.2 Å². The number of furan rings is 1. The highest BCUT2D eigenvalue weighted by Crippen LogP contribution is 2.31. The molecule has 0 amide bonds. The van der Waals surface area contributed by atoms with Gasteiger partial charge in [0.1, 0.15) is 30.7 Å². The van der Waals surface area contributed by atoms with Crippen LogP contribution in [0.3, 0.4) is 0 Å². The molecule has 0 radical (unpaired) electrons. The minimum absolute atomic E-state index is 0. The number of hydrogen-bond donors (Lipinski definition) is 2. The van der Waals surface area contributed by atoms with E-state index in [2.05, 4.69) is 24.0 Å². The summed E-state index contributed by atoms with van der Waals surface area (Å²) in [6.45, 7) is 5.69. The highest BCUT2D eigenvalue weighted by Gasteiger charge is 2.37. The largest absolute Gasteiger partial charge is 0.462 e. The van der Waals surface area contributed by atoms with Crippen LogP contribution in [0.15, 0.2) is 45.7 Å². The summed E-state index contributed by atoms with van der Waals surface area (Å²) < 4.78 is 18.3. The number of hydrogen-bond acceptors (Lipinski definition) is 8. The molecule has 1 unspecified atom stereocenters. The number of aryl methyl sites for hydroxylation is 1. The van der Waals surface area contributed by atoms with Gasteiger partial charge in [-0.05, 0) is 30.4 Å². The highest BCUT2D eigenvalue weighted by molar-refractivity contribution is 5.85. The van der Waals surface area contributed by atoms with Crippen LogP contribution in [0.25, 0.3) is 22.4 Å². The molecule has 1 fully saturated rings. The highest BCUT2D eigenvalue weighted by atomic mass is 35.5. The number of ether oxygens (including phenoxy) is 2. The lowest BCUT2D eigenvalue weighted by Gasteiger charge is -2.18. The quantitative estimate of drug-likeness (QED) is 0.295. The number of unbranched alkanes of at least 4 members (excludes halogenated alkanes) is 2. The van der Waals surface area contributed by atoms with Gasteiger partial charge in [-0.1, -0.05) is 57.9 Å². The number of nitrogens with zero attached hydrogens (tertiary/aromatic N) is 2.